The first-order valence-electron chi connectivity index (χ1n) is 7.23. The minimum absolute atomic E-state index is 0.121. The van der Waals surface area contributed by atoms with Gasteiger partial charge in [-0.05, 0) is 29.7 Å². The molecule has 0 heterocycles. The number of carbonyl (C=O) groups excluding carboxylic acids is 1. The quantitative estimate of drug-likeness (QED) is 0.940. The Morgan fingerprint density at radius 2 is 1.91 bits per heavy atom. The molecule has 2 atom stereocenters. The van der Waals surface area contributed by atoms with Crippen LogP contribution in [0.5, 0.6) is 0 Å². The molecule has 22 heavy (non-hydrogen) atoms. The number of hydrogen-bond donors (Lipinski definition) is 1. The van der Waals surface area contributed by atoms with E-state index in [4.69, 9.17) is 10.00 Å². The van der Waals surface area contributed by atoms with Gasteiger partial charge in [0.25, 0.3) is 0 Å². The maximum Gasteiger partial charge on any atom is 0.407 e. The van der Waals surface area contributed by atoms with Crippen molar-refractivity contribution in [2.45, 2.75) is 25.0 Å². The minimum atomic E-state index is -0.384. The largest absolute Gasteiger partial charge is 0.445 e. The van der Waals surface area contributed by atoms with Crippen LogP contribution in [-0.4, -0.2) is 12.1 Å². The van der Waals surface area contributed by atoms with Gasteiger partial charge in [0.15, 0.2) is 0 Å². The molecule has 1 aliphatic carbocycles. The van der Waals surface area contributed by atoms with Crippen molar-refractivity contribution in [3.63, 3.8) is 0 Å². The van der Waals surface area contributed by atoms with E-state index in [2.05, 4.69) is 11.4 Å². The van der Waals surface area contributed by atoms with Gasteiger partial charge in [0.05, 0.1) is 11.6 Å². The third-order valence-electron chi connectivity index (χ3n) is 3.77. The Morgan fingerprint density at radius 1 is 1.18 bits per heavy atom. The van der Waals surface area contributed by atoms with Crippen LogP contribution >= 0.6 is 0 Å². The molecule has 1 N–H and O–H groups in total. The SMILES string of the molecule is N#Cc1ccc([C@@H]2C[C@H]2NC(=O)OCc2ccccc2)cc1. The highest BCUT2D eigenvalue weighted by Gasteiger charge is 2.39. The molecular weight excluding hydrogens is 276 g/mol. The van der Waals surface area contributed by atoms with Gasteiger partial charge in [-0.1, -0.05) is 42.5 Å². The van der Waals surface area contributed by atoms with Crippen molar-refractivity contribution in [3.8, 4) is 6.07 Å². The Labute approximate surface area is 129 Å². The Hall–Kier alpha value is -2.80. The number of ether oxygens (including phenoxy) is 1. The van der Waals surface area contributed by atoms with Crippen LogP contribution in [0.25, 0.3) is 0 Å². The molecule has 4 heteroatoms. The fraction of sp³-hybridized carbons (Fsp3) is 0.222. The average molecular weight is 292 g/mol. The first-order valence-corrected chi connectivity index (χ1v) is 7.23. The smallest absolute Gasteiger partial charge is 0.407 e. The van der Waals surface area contributed by atoms with Crippen molar-refractivity contribution in [1.82, 2.24) is 5.32 Å². The lowest BCUT2D eigenvalue weighted by atomic mass is 10.1. The zero-order chi connectivity index (χ0) is 15.4. The Balaban J connectivity index is 1.46. The summed E-state index contributed by atoms with van der Waals surface area (Å²) in [6.45, 7) is 0.279. The molecule has 110 valence electrons. The molecule has 0 saturated heterocycles. The highest BCUT2D eigenvalue weighted by atomic mass is 16.5. The topological polar surface area (TPSA) is 62.1 Å². The molecule has 0 aliphatic heterocycles. The number of carbonyl (C=O) groups is 1. The van der Waals surface area contributed by atoms with Gasteiger partial charge in [-0.15, -0.1) is 0 Å². The summed E-state index contributed by atoms with van der Waals surface area (Å²) < 4.78 is 5.21. The van der Waals surface area contributed by atoms with E-state index in [1.807, 2.05) is 42.5 Å². The fourth-order valence-electron chi connectivity index (χ4n) is 2.44. The van der Waals surface area contributed by atoms with Crippen molar-refractivity contribution in [3.05, 3.63) is 71.3 Å². The predicted molar refractivity (Wildman–Crippen MR) is 82.1 cm³/mol. The van der Waals surface area contributed by atoms with Crippen molar-refractivity contribution in [2.24, 2.45) is 0 Å². The van der Waals surface area contributed by atoms with Crippen LogP contribution < -0.4 is 5.32 Å². The summed E-state index contributed by atoms with van der Waals surface area (Å²) in [5, 5.41) is 11.7. The summed E-state index contributed by atoms with van der Waals surface area (Å²) in [5.41, 5.74) is 2.76. The van der Waals surface area contributed by atoms with Crippen molar-refractivity contribution < 1.29 is 9.53 Å². The van der Waals surface area contributed by atoms with Crippen LogP contribution in [0, 0.1) is 11.3 Å². The number of alkyl carbamates (subject to hydrolysis) is 1. The molecule has 1 aliphatic rings. The molecule has 2 aromatic rings. The maximum absolute atomic E-state index is 11.8. The Morgan fingerprint density at radius 3 is 2.59 bits per heavy atom. The van der Waals surface area contributed by atoms with Crippen molar-refractivity contribution in [1.29, 1.82) is 5.26 Å². The standard InChI is InChI=1S/C18H16N2O2/c19-11-13-6-8-15(9-7-13)16-10-17(16)20-18(21)22-12-14-4-2-1-3-5-14/h1-9,16-17H,10,12H2,(H,20,21)/t16-,17+/m0/s1. The number of nitrogens with one attached hydrogen (secondary N) is 1. The zero-order valence-electron chi connectivity index (χ0n) is 12.0. The molecule has 1 amide bonds. The van der Waals surface area contributed by atoms with Crippen LogP contribution in [0.15, 0.2) is 54.6 Å². The second kappa shape index (κ2) is 6.31. The van der Waals surface area contributed by atoms with Gasteiger partial charge in [-0.2, -0.15) is 5.26 Å². The fourth-order valence-corrected chi connectivity index (χ4v) is 2.44. The number of hydrogen-bond acceptors (Lipinski definition) is 3. The van der Waals surface area contributed by atoms with E-state index in [0.717, 1.165) is 17.5 Å². The summed E-state index contributed by atoms with van der Waals surface area (Å²) in [4.78, 5) is 11.8. The van der Waals surface area contributed by atoms with Gasteiger partial charge < -0.3 is 10.1 Å². The molecule has 0 unspecified atom stereocenters. The molecule has 2 aromatic carbocycles. The monoisotopic (exact) mass is 292 g/mol. The molecule has 0 radical (unpaired) electrons. The van der Waals surface area contributed by atoms with Crippen LogP contribution in [0.2, 0.25) is 0 Å². The van der Waals surface area contributed by atoms with E-state index in [1.54, 1.807) is 12.1 Å². The Bertz CT molecular complexity index is 689. The lowest BCUT2D eigenvalue weighted by Gasteiger charge is -2.07. The second-order valence-corrected chi connectivity index (χ2v) is 5.39. The molecule has 1 fully saturated rings. The predicted octanol–water partition coefficient (Wildman–Crippen LogP) is 3.34. The van der Waals surface area contributed by atoms with E-state index in [9.17, 15) is 4.79 Å². The number of benzene rings is 2. The first-order chi connectivity index (χ1) is 10.8. The van der Waals surface area contributed by atoms with Gasteiger partial charge in [-0.25, -0.2) is 4.79 Å². The number of amides is 1. The van der Waals surface area contributed by atoms with E-state index in [1.165, 1.54) is 0 Å². The van der Waals surface area contributed by atoms with Crippen molar-refractivity contribution in [2.75, 3.05) is 0 Å². The van der Waals surface area contributed by atoms with Gasteiger partial charge in [0.2, 0.25) is 0 Å². The van der Waals surface area contributed by atoms with Gasteiger partial charge >= 0.3 is 6.09 Å². The molecule has 4 nitrogen and oxygen atoms in total. The van der Waals surface area contributed by atoms with E-state index < -0.39 is 0 Å². The second-order valence-electron chi connectivity index (χ2n) is 5.39. The van der Waals surface area contributed by atoms with Crippen LogP contribution in [0.4, 0.5) is 4.79 Å². The molecule has 0 spiro atoms. The van der Waals surface area contributed by atoms with Crippen LogP contribution in [-0.2, 0) is 11.3 Å². The van der Waals surface area contributed by atoms with Crippen LogP contribution in [0.3, 0.4) is 0 Å². The summed E-state index contributed by atoms with van der Waals surface area (Å²) in [6, 6.07) is 19.3. The third-order valence-corrected chi connectivity index (χ3v) is 3.77. The molecule has 0 aromatic heterocycles. The lowest BCUT2D eigenvalue weighted by Crippen LogP contribution is -2.27. The maximum atomic E-state index is 11.8. The highest BCUT2D eigenvalue weighted by Crippen LogP contribution is 2.40. The van der Waals surface area contributed by atoms with E-state index in [-0.39, 0.29) is 18.7 Å². The van der Waals surface area contributed by atoms with Crippen LogP contribution in [0.1, 0.15) is 29.0 Å². The van der Waals surface area contributed by atoms with Gasteiger partial charge in [0.1, 0.15) is 6.61 Å². The van der Waals surface area contributed by atoms with Gasteiger partial charge in [-0.3, -0.25) is 0 Å². The first kappa shape index (κ1) is 14.2. The lowest BCUT2D eigenvalue weighted by molar-refractivity contribution is 0.139. The normalized spacial score (nSPS) is 19.0. The molecule has 3 rings (SSSR count). The van der Waals surface area contributed by atoms with E-state index in [0.29, 0.717) is 11.5 Å². The summed E-state index contributed by atoms with van der Waals surface area (Å²) >= 11 is 0. The zero-order valence-corrected chi connectivity index (χ0v) is 12.0. The minimum Gasteiger partial charge on any atom is -0.445 e. The molecule has 0 bridgehead atoms. The third kappa shape index (κ3) is 3.44. The van der Waals surface area contributed by atoms with E-state index >= 15 is 0 Å². The number of nitrogens with zero attached hydrogens (tertiary/aromatic N) is 1. The number of rotatable bonds is 4. The molecular formula is C18H16N2O2. The summed E-state index contributed by atoms with van der Waals surface area (Å²) in [7, 11) is 0. The average Bonchev–Trinajstić information content (AvgIpc) is 3.33. The summed E-state index contributed by atoms with van der Waals surface area (Å²) in [6.07, 6.45) is 0.525. The number of nitriles is 1. The van der Waals surface area contributed by atoms with Gasteiger partial charge in [0, 0.05) is 12.0 Å². The summed E-state index contributed by atoms with van der Waals surface area (Å²) in [5.74, 6) is 0.317. The Kier molecular flexibility index (Phi) is 4.06. The molecule has 1 saturated carbocycles. The van der Waals surface area contributed by atoms with Crippen molar-refractivity contribution >= 4 is 6.09 Å². The highest BCUT2D eigenvalue weighted by molar-refractivity contribution is 5.68.